The molecular weight excluding hydrogens is 258 g/mol. The van der Waals surface area contributed by atoms with Crippen molar-refractivity contribution < 1.29 is 9.53 Å². The third kappa shape index (κ3) is 4.33. The highest BCUT2D eigenvalue weighted by molar-refractivity contribution is 6.28. The molecule has 1 aromatic heterocycles. The van der Waals surface area contributed by atoms with Crippen LogP contribution in [0.3, 0.4) is 0 Å². The smallest absolute Gasteiger partial charge is 0.322 e. The molecule has 0 atom stereocenters. The number of likely N-dealkylation sites (N-methyl/N-ethyl adjacent to an activating group) is 1. The van der Waals surface area contributed by atoms with E-state index >= 15 is 0 Å². The van der Waals surface area contributed by atoms with Crippen molar-refractivity contribution in [2.24, 2.45) is 5.73 Å². The van der Waals surface area contributed by atoms with Gasteiger partial charge in [0, 0.05) is 6.54 Å². The number of anilines is 1. The second kappa shape index (κ2) is 6.34. The Bertz CT molecular complexity index is 427. The number of rotatable bonds is 6. The van der Waals surface area contributed by atoms with Gasteiger partial charge in [-0.2, -0.15) is 15.0 Å². The van der Waals surface area contributed by atoms with Gasteiger partial charge < -0.3 is 15.4 Å². The zero-order valence-corrected chi connectivity index (χ0v) is 11.3. The fourth-order valence-corrected chi connectivity index (χ4v) is 1.39. The number of ether oxygens (including phenoxy) is 1. The van der Waals surface area contributed by atoms with Gasteiger partial charge in [0.05, 0.1) is 12.6 Å². The third-order valence-electron chi connectivity index (χ3n) is 1.93. The molecule has 1 aromatic rings. The Hall–Kier alpha value is -1.63. The lowest BCUT2D eigenvalue weighted by Crippen LogP contribution is -2.35. The van der Waals surface area contributed by atoms with Crippen LogP contribution in [-0.4, -0.2) is 40.1 Å². The van der Waals surface area contributed by atoms with E-state index in [0.29, 0.717) is 6.54 Å². The molecule has 0 saturated heterocycles. The van der Waals surface area contributed by atoms with Crippen LogP contribution in [0.5, 0.6) is 6.01 Å². The lowest BCUT2D eigenvalue weighted by atomic mass is 10.5. The number of amides is 1. The van der Waals surface area contributed by atoms with Crippen LogP contribution in [-0.2, 0) is 4.79 Å². The Kier molecular flexibility index (Phi) is 5.08. The molecule has 18 heavy (non-hydrogen) atoms. The van der Waals surface area contributed by atoms with Crippen molar-refractivity contribution in [1.29, 1.82) is 0 Å². The largest absolute Gasteiger partial charge is 0.461 e. The molecule has 7 nitrogen and oxygen atoms in total. The highest BCUT2D eigenvalue weighted by Gasteiger charge is 2.14. The zero-order chi connectivity index (χ0) is 13.7. The maximum absolute atomic E-state index is 10.9. The van der Waals surface area contributed by atoms with Gasteiger partial charge in [-0.1, -0.05) is 0 Å². The highest BCUT2D eigenvalue weighted by Crippen LogP contribution is 2.15. The van der Waals surface area contributed by atoms with E-state index in [9.17, 15) is 4.79 Å². The molecule has 100 valence electrons. The van der Waals surface area contributed by atoms with Crippen LogP contribution in [0.15, 0.2) is 0 Å². The van der Waals surface area contributed by atoms with Crippen molar-refractivity contribution in [1.82, 2.24) is 15.0 Å². The van der Waals surface area contributed by atoms with E-state index in [-0.39, 0.29) is 29.9 Å². The summed E-state index contributed by atoms with van der Waals surface area (Å²) in [6, 6.07) is 0.128. The Morgan fingerprint density at radius 3 is 2.61 bits per heavy atom. The Morgan fingerprint density at radius 2 is 2.11 bits per heavy atom. The summed E-state index contributed by atoms with van der Waals surface area (Å²) >= 11 is 5.79. The molecule has 0 radical (unpaired) electrons. The second-order valence-electron chi connectivity index (χ2n) is 3.83. The van der Waals surface area contributed by atoms with Crippen molar-refractivity contribution in [2.45, 2.75) is 26.9 Å². The average molecular weight is 274 g/mol. The van der Waals surface area contributed by atoms with E-state index in [2.05, 4.69) is 15.0 Å². The molecule has 1 amide bonds. The SMILES string of the molecule is CCN(CC(N)=O)c1nc(Cl)nc(OC(C)C)n1. The summed E-state index contributed by atoms with van der Waals surface area (Å²) in [6.07, 6.45) is -0.0810. The second-order valence-corrected chi connectivity index (χ2v) is 4.17. The van der Waals surface area contributed by atoms with Crippen LogP contribution in [0, 0.1) is 0 Å². The average Bonchev–Trinajstić information content (AvgIpc) is 2.23. The number of hydrogen-bond acceptors (Lipinski definition) is 6. The zero-order valence-electron chi connectivity index (χ0n) is 10.6. The molecule has 0 fully saturated rings. The molecule has 0 saturated carbocycles. The van der Waals surface area contributed by atoms with Gasteiger partial charge in [-0.3, -0.25) is 4.79 Å². The van der Waals surface area contributed by atoms with E-state index < -0.39 is 5.91 Å². The molecule has 0 bridgehead atoms. The Morgan fingerprint density at radius 1 is 1.44 bits per heavy atom. The Balaban J connectivity index is 2.99. The molecule has 0 aliphatic rings. The normalized spacial score (nSPS) is 10.5. The molecule has 8 heteroatoms. The third-order valence-corrected chi connectivity index (χ3v) is 2.10. The van der Waals surface area contributed by atoms with E-state index in [1.54, 1.807) is 4.90 Å². The number of nitrogens with zero attached hydrogens (tertiary/aromatic N) is 4. The summed E-state index contributed by atoms with van der Waals surface area (Å²) in [4.78, 5) is 24.4. The standard InChI is InChI=1S/C10H16ClN5O2/c1-4-16(5-7(12)17)9-13-8(11)14-10(15-9)18-6(2)3/h6H,4-5H2,1-3H3,(H2,12,17). The minimum atomic E-state index is -0.472. The van der Waals surface area contributed by atoms with Gasteiger partial charge in [0.1, 0.15) is 0 Å². The lowest BCUT2D eigenvalue weighted by molar-refractivity contribution is -0.116. The number of carbonyl (C=O) groups is 1. The van der Waals surface area contributed by atoms with Crippen molar-refractivity contribution in [3.8, 4) is 6.01 Å². The number of halogens is 1. The van der Waals surface area contributed by atoms with E-state index in [4.69, 9.17) is 22.1 Å². The van der Waals surface area contributed by atoms with Crippen molar-refractivity contribution in [3.63, 3.8) is 0 Å². The van der Waals surface area contributed by atoms with Crippen molar-refractivity contribution >= 4 is 23.5 Å². The summed E-state index contributed by atoms with van der Waals surface area (Å²) in [5.41, 5.74) is 5.15. The molecule has 0 spiro atoms. The van der Waals surface area contributed by atoms with Crippen LogP contribution in [0.2, 0.25) is 5.28 Å². The number of aromatic nitrogens is 3. The molecule has 1 rings (SSSR count). The fraction of sp³-hybridized carbons (Fsp3) is 0.600. The summed E-state index contributed by atoms with van der Waals surface area (Å²) < 4.78 is 5.35. The number of nitrogens with two attached hydrogens (primary N) is 1. The topological polar surface area (TPSA) is 94.2 Å². The van der Waals surface area contributed by atoms with E-state index in [0.717, 1.165) is 0 Å². The van der Waals surface area contributed by atoms with Crippen molar-refractivity contribution in [3.05, 3.63) is 5.28 Å². The highest BCUT2D eigenvalue weighted by atomic mass is 35.5. The monoisotopic (exact) mass is 273 g/mol. The maximum atomic E-state index is 10.9. The predicted molar refractivity (Wildman–Crippen MR) is 67.7 cm³/mol. The lowest BCUT2D eigenvalue weighted by Gasteiger charge is -2.19. The van der Waals surface area contributed by atoms with E-state index in [1.165, 1.54) is 0 Å². The number of primary amides is 1. The Labute approximate surface area is 110 Å². The minimum Gasteiger partial charge on any atom is -0.461 e. The van der Waals surface area contributed by atoms with Crippen LogP contribution >= 0.6 is 11.6 Å². The van der Waals surface area contributed by atoms with Gasteiger partial charge in [0.25, 0.3) is 0 Å². The van der Waals surface area contributed by atoms with Crippen LogP contribution in [0.1, 0.15) is 20.8 Å². The first-order chi connectivity index (χ1) is 8.42. The van der Waals surface area contributed by atoms with E-state index in [1.807, 2.05) is 20.8 Å². The van der Waals surface area contributed by atoms with Gasteiger partial charge in [-0.15, -0.1) is 0 Å². The van der Waals surface area contributed by atoms with Gasteiger partial charge in [0.2, 0.25) is 17.1 Å². The first kappa shape index (κ1) is 14.4. The van der Waals surface area contributed by atoms with Crippen LogP contribution < -0.4 is 15.4 Å². The van der Waals surface area contributed by atoms with Crippen LogP contribution in [0.25, 0.3) is 0 Å². The molecule has 0 aliphatic carbocycles. The number of carbonyl (C=O) groups excluding carboxylic acids is 1. The van der Waals surface area contributed by atoms with Crippen molar-refractivity contribution in [2.75, 3.05) is 18.0 Å². The summed E-state index contributed by atoms with van der Waals surface area (Å²) in [7, 11) is 0. The molecule has 0 unspecified atom stereocenters. The van der Waals surface area contributed by atoms with Gasteiger partial charge in [-0.25, -0.2) is 0 Å². The summed E-state index contributed by atoms with van der Waals surface area (Å²) in [5.74, 6) is -0.202. The predicted octanol–water partition coefficient (Wildman–Crippen LogP) is 0.624. The quantitative estimate of drug-likeness (QED) is 0.817. The molecule has 2 N–H and O–H groups in total. The first-order valence-electron chi connectivity index (χ1n) is 5.53. The molecule has 1 heterocycles. The molecule has 0 aliphatic heterocycles. The maximum Gasteiger partial charge on any atom is 0.322 e. The van der Waals surface area contributed by atoms with Gasteiger partial charge >= 0.3 is 6.01 Å². The minimum absolute atomic E-state index is 0.0119. The fourth-order valence-electron chi connectivity index (χ4n) is 1.24. The summed E-state index contributed by atoms with van der Waals surface area (Å²) in [5, 5.41) is 0.0126. The number of hydrogen-bond donors (Lipinski definition) is 1. The first-order valence-corrected chi connectivity index (χ1v) is 5.91. The molecular formula is C10H16ClN5O2. The molecule has 0 aromatic carbocycles. The van der Waals surface area contributed by atoms with Crippen LogP contribution in [0.4, 0.5) is 5.95 Å². The summed E-state index contributed by atoms with van der Waals surface area (Å²) in [6.45, 7) is 6.07. The van der Waals surface area contributed by atoms with Gasteiger partial charge in [0.15, 0.2) is 0 Å². The van der Waals surface area contributed by atoms with Gasteiger partial charge in [-0.05, 0) is 32.4 Å².